The molecule has 2 heterocycles. The molecular formula is C17H15ClN2O5. The first kappa shape index (κ1) is 17.0. The number of hydrogen-bond acceptors (Lipinski definition) is 4. The van der Waals surface area contributed by atoms with Gasteiger partial charge in [-0.2, -0.15) is 0 Å². The van der Waals surface area contributed by atoms with Crippen LogP contribution in [0.3, 0.4) is 0 Å². The van der Waals surface area contributed by atoms with E-state index in [9.17, 15) is 9.59 Å². The molecule has 1 aliphatic rings. The lowest BCUT2D eigenvalue weighted by molar-refractivity contribution is -0.141. The first-order valence-corrected chi connectivity index (χ1v) is 7.94. The van der Waals surface area contributed by atoms with Gasteiger partial charge in [-0.3, -0.25) is 4.90 Å². The normalized spacial score (nSPS) is 19.6. The molecule has 0 spiro atoms. The van der Waals surface area contributed by atoms with Crippen LogP contribution in [0.1, 0.15) is 6.42 Å². The Morgan fingerprint density at radius 1 is 1.20 bits per heavy atom. The van der Waals surface area contributed by atoms with E-state index in [1.165, 1.54) is 6.07 Å². The van der Waals surface area contributed by atoms with Crippen LogP contribution in [-0.2, 0) is 4.79 Å². The zero-order chi connectivity index (χ0) is 18.0. The van der Waals surface area contributed by atoms with Crippen LogP contribution in [0.5, 0.6) is 5.75 Å². The van der Waals surface area contributed by atoms with E-state index in [0.29, 0.717) is 11.4 Å². The molecular weight excluding hydrogens is 348 g/mol. The molecule has 2 atom stereocenters. The highest BCUT2D eigenvalue weighted by atomic mass is 35.5. The Labute approximate surface area is 148 Å². The molecule has 0 saturated carbocycles. The summed E-state index contributed by atoms with van der Waals surface area (Å²) in [5.74, 6) is -0.772. The van der Waals surface area contributed by atoms with Gasteiger partial charge in [0.15, 0.2) is 0 Å². The van der Waals surface area contributed by atoms with Crippen LogP contribution in [0.25, 0.3) is 11.3 Å². The van der Waals surface area contributed by atoms with Crippen molar-refractivity contribution in [3.8, 4) is 17.0 Å². The van der Waals surface area contributed by atoms with E-state index in [0.717, 1.165) is 10.5 Å². The molecule has 0 unspecified atom stereocenters. The average molecular weight is 363 g/mol. The molecule has 1 aromatic heterocycles. The molecule has 1 aliphatic heterocycles. The number of carboxylic acids is 1. The van der Waals surface area contributed by atoms with Gasteiger partial charge in [-0.25, -0.2) is 14.6 Å². The Balaban J connectivity index is 1.81. The van der Waals surface area contributed by atoms with Crippen molar-refractivity contribution in [1.29, 1.82) is 0 Å². The molecule has 1 aromatic carbocycles. The number of carbonyl (C=O) groups is 2. The number of ether oxygens (including phenoxy) is 1. The van der Waals surface area contributed by atoms with Crippen molar-refractivity contribution in [3.63, 3.8) is 0 Å². The van der Waals surface area contributed by atoms with Gasteiger partial charge in [-0.1, -0.05) is 41.9 Å². The third kappa shape index (κ3) is 3.83. The third-order valence-corrected chi connectivity index (χ3v) is 4.13. The van der Waals surface area contributed by atoms with E-state index >= 15 is 0 Å². The van der Waals surface area contributed by atoms with Gasteiger partial charge in [-0.15, -0.1) is 0 Å². The maximum absolute atomic E-state index is 11.2. The molecule has 0 radical (unpaired) electrons. The lowest BCUT2D eigenvalue weighted by Crippen LogP contribution is -2.39. The smallest absolute Gasteiger partial charge is 0.408 e. The second-order valence-electron chi connectivity index (χ2n) is 5.64. The first-order chi connectivity index (χ1) is 11.9. The van der Waals surface area contributed by atoms with Crippen molar-refractivity contribution in [2.24, 2.45) is 0 Å². The highest BCUT2D eigenvalue weighted by Gasteiger charge is 2.41. The van der Waals surface area contributed by atoms with Gasteiger partial charge >= 0.3 is 12.1 Å². The van der Waals surface area contributed by atoms with Gasteiger partial charge in [0.25, 0.3) is 0 Å². The van der Waals surface area contributed by atoms with Gasteiger partial charge < -0.3 is 14.9 Å². The van der Waals surface area contributed by atoms with Crippen LogP contribution in [0.15, 0.2) is 42.5 Å². The molecule has 1 saturated heterocycles. The Kier molecular flexibility index (Phi) is 4.76. The molecule has 1 amide bonds. The Morgan fingerprint density at radius 2 is 1.92 bits per heavy atom. The van der Waals surface area contributed by atoms with E-state index in [1.807, 2.05) is 30.3 Å². The SMILES string of the molecule is O=C(O)[C@@H]1C[C@@H](Oc2cc(Cl)nc(-c3ccccc3)c2)CN1C(=O)O. The number of likely N-dealkylation sites (tertiary alicyclic amines) is 1. The fourth-order valence-corrected chi connectivity index (χ4v) is 3.02. The molecule has 2 N–H and O–H groups in total. The van der Waals surface area contributed by atoms with E-state index in [1.54, 1.807) is 6.07 Å². The third-order valence-electron chi connectivity index (χ3n) is 3.93. The number of halogens is 1. The lowest BCUT2D eigenvalue weighted by Gasteiger charge is -2.16. The largest absolute Gasteiger partial charge is 0.488 e. The maximum Gasteiger partial charge on any atom is 0.408 e. The van der Waals surface area contributed by atoms with Gasteiger partial charge in [0.2, 0.25) is 0 Å². The summed E-state index contributed by atoms with van der Waals surface area (Å²) in [5, 5.41) is 18.5. The number of nitrogens with zero attached hydrogens (tertiary/aromatic N) is 2. The fraction of sp³-hybridized carbons (Fsp3) is 0.235. The molecule has 3 rings (SSSR count). The molecule has 130 valence electrons. The lowest BCUT2D eigenvalue weighted by atomic mass is 10.1. The van der Waals surface area contributed by atoms with Crippen molar-refractivity contribution in [3.05, 3.63) is 47.6 Å². The zero-order valence-corrected chi connectivity index (χ0v) is 13.8. The van der Waals surface area contributed by atoms with Crippen LogP contribution in [0, 0.1) is 0 Å². The summed E-state index contributed by atoms with van der Waals surface area (Å²) in [4.78, 5) is 27.5. The Morgan fingerprint density at radius 3 is 2.52 bits per heavy atom. The molecule has 0 aliphatic carbocycles. The molecule has 25 heavy (non-hydrogen) atoms. The Hall–Kier alpha value is -2.80. The van der Waals surface area contributed by atoms with Crippen LogP contribution < -0.4 is 4.74 Å². The summed E-state index contributed by atoms with van der Waals surface area (Å²) in [6.45, 7) is -0.0209. The van der Waals surface area contributed by atoms with E-state index in [2.05, 4.69) is 4.98 Å². The minimum atomic E-state index is -1.28. The quantitative estimate of drug-likeness (QED) is 0.811. The second-order valence-corrected chi connectivity index (χ2v) is 6.03. The predicted molar refractivity (Wildman–Crippen MR) is 89.9 cm³/mol. The molecule has 8 heteroatoms. The minimum absolute atomic E-state index is 0.0209. The Bertz CT molecular complexity index is 777. The van der Waals surface area contributed by atoms with E-state index in [4.69, 9.17) is 26.6 Å². The average Bonchev–Trinajstić information content (AvgIpc) is 2.99. The number of hydrogen-bond donors (Lipinski definition) is 2. The number of benzene rings is 1. The number of carboxylic acid groups (broad SMARTS) is 2. The standard InChI is InChI=1S/C17H15ClN2O5/c18-15-8-11(6-13(19-15)10-4-2-1-3-5-10)25-12-7-14(16(21)22)20(9-12)17(23)24/h1-6,8,12,14H,7,9H2,(H,21,22)(H,23,24)/t12-,14+/m1/s1. The van der Waals surface area contributed by atoms with Crippen molar-refractivity contribution < 1.29 is 24.5 Å². The van der Waals surface area contributed by atoms with Crippen LogP contribution in [-0.4, -0.2) is 50.9 Å². The number of aliphatic carboxylic acids is 1. The summed E-state index contributed by atoms with van der Waals surface area (Å²) in [7, 11) is 0. The van der Waals surface area contributed by atoms with Crippen molar-refractivity contribution >= 4 is 23.7 Å². The topological polar surface area (TPSA) is 100.0 Å². The van der Waals surface area contributed by atoms with Crippen molar-refractivity contribution in [2.75, 3.05) is 6.54 Å². The summed E-state index contributed by atoms with van der Waals surface area (Å²) >= 11 is 6.05. The summed E-state index contributed by atoms with van der Waals surface area (Å²) in [6, 6.07) is 11.5. The predicted octanol–water partition coefficient (Wildman–Crippen LogP) is 2.99. The minimum Gasteiger partial charge on any atom is -0.488 e. The summed E-state index contributed by atoms with van der Waals surface area (Å²) in [6.07, 6.45) is -1.78. The van der Waals surface area contributed by atoms with Gasteiger partial charge in [0, 0.05) is 24.1 Å². The monoisotopic (exact) mass is 362 g/mol. The highest BCUT2D eigenvalue weighted by molar-refractivity contribution is 6.29. The molecule has 0 bridgehead atoms. The maximum atomic E-state index is 11.2. The van der Waals surface area contributed by atoms with Crippen molar-refractivity contribution in [1.82, 2.24) is 9.88 Å². The molecule has 7 nitrogen and oxygen atoms in total. The number of pyridine rings is 1. The molecule has 1 fully saturated rings. The van der Waals surface area contributed by atoms with Crippen LogP contribution in [0.4, 0.5) is 4.79 Å². The highest BCUT2D eigenvalue weighted by Crippen LogP contribution is 2.28. The van der Waals surface area contributed by atoms with E-state index < -0.39 is 24.2 Å². The fourth-order valence-electron chi connectivity index (χ4n) is 2.82. The van der Waals surface area contributed by atoms with E-state index in [-0.39, 0.29) is 18.1 Å². The van der Waals surface area contributed by atoms with Crippen molar-refractivity contribution in [2.45, 2.75) is 18.6 Å². The second kappa shape index (κ2) is 6.98. The van der Waals surface area contributed by atoms with Crippen LogP contribution in [0.2, 0.25) is 5.15 Å². The van der Waals surface area contributed by atoms with Gasteiger partial charge in [0.05, 0.1) is 12.2 Å². The van der Waals surface area contributed by atoms with Gasteiger partial charge in [0.1, 0.15) is 23.0 Å². The summed E-state index contributed by atoms with van der Waals surface area (Å²) < 4.78 is 5.79. The van der Waals surface area contributed by atoms with Gasteiger partial charge in [-0.05, 0) is 0 Å². The summed E-state index contributed by atoms with van der Waals surface area (Å²) in [5.41, 5.74) is 1.47. The number of aromatic nitrogens is 1. The zero-order valence-electron chi connectivity index (χ0n) is 13.0. The number of rotatable bonds is 4. The van der Waals surface area contributed by atoms with Crippen LogP contribution >= 0.6 is 11.6 Å². The number of amides is 1. The molecule has 2 aromatic rings. The first-order valence-electron chi connectivity index (χ1n) is 7.56.